The molecular formula is C30H46O4. The number of ether oxygens (including phenoxy) is 1. The van der Waals surface area contributed by atoms with Crippen molar-refractivity contribution in [2.24, 2.45) is 39.4 Å². The number of hydrogen-bond acceptors (Lipinski definition) is 4. The summed E-state index contributed by atoms with van der Waals surface area (Å²) >= 11 is 0. The number of fused-ring (bicyclic) bond motifs is 6. The molecule has 4 nitrogen and oxygen atoms in total. The van der Waals surface area contributed by atoms with E-state index in [1.165, 1.54) is 5.57 Å². The van der Waals surface area contributed by atoms with Crippen LogP contribution in [-0.4, -0.2) is 39.9 Å². The van der Waals surface area contributed by atoms with Gasteiger partial charge in [-0.3, -0.25) is 4.79 Å². The number of carbonyl (C=O) groups excluding carboxylic acids is 1. The van der Waals surface area contributed by atoms with Gasteiger partial charge >= 0.3 is 0 Å². The summed E-state index contributed by atoms with van der Waals surface area (Å²) in [7, 11) is 0. The van der Waals surface area contributed by atoms with E-state index in [9.17, 15) is 15.0 Å². The topological polar surface area (TPSA) is 66.8 Å². The maximum Gasteiger partial charge on any atom is 0.138 e. The number of rotatable bonds is 2. The lowest BCUT2D eigenvalue weighted by molar-refractivity contribution is -0.196. The van der Waals surface area contributed by atoms with Gasteiger partial charge in [-0.2, -0.15) is 0 Å². The molecule has 0 bridgehead atoms. The van der Waals surface area contributed by atoms with Crippen LogP contribution in [0.4, 0.5) is 0 Å². The molecule has 5 aliphatic rings. The molecule has 5 rings (SSSR count). The van der Waals surface area contributed by atoms with Gasteiger partial charge in [-0.15, -0.1) is 0 Å². The Morgan fingerprint density at radius 1 is 1.15 bits per heavy atom. The Labute approximate surface area is 206 Å². The zero-order valence-corrected chi connectivity index (χ0v) is 22.4. The lowest BCUT2D eigenvalue weighted by Gasteiger charge is -2.68. The van der Waals surface area contributed by atoms with Crippen LogP contribution in [0.2, 0.25) is 0 Å². The Kier molecular flexibility index (Phi) is 5.30. The average molecular weight is 471 g/mol. The van der Waals surface area contributed by atoms with Gasteiger partial charge in [-0.05, 0) is 84.7 Å². The van der Waals surface area contributed by atoms with E-state index >= 15 is 0 Å². The van der Waals surface area contributed by atoms with E-state index in [2.05, 4.69) is 54.2 Å². The molecule has 3 saturated carbocycles. The van der Waals surface area contributed by atoms with Gasteiger partial charge in [0.05, 0.1) is 17.8 Å². The minimum Gasteiger partial charge on any atom is -0.389 e. The van der Waals surface area contributed by atoms with Crippen molar-refractivity contribution in [3.63, 3.8) is 0 Å². The van der Waals surface area contributed by atoms with Crippen LogP contribution in [0.25, 0.3) is 0 Å². The highest BCUT2D eigenvalue weighted by atomic mass is 16.5. The molecule has 0 unspecified atom stereocenters. The van der Waals surface area contributed by atoms with E-state index in [0.29, 0.717) is 18.1 Å². The molecule has 2 N–H and O–H groups in total. The van der Waals surface area contributed by atoms with Gasteiger partial charge in [-0.25, -0.2) is 0 Å². The van der Waals surface area contributed by atoms with Gasteiger partial charge in [0, 0.05) is 17.8 Å². The predicted octanol–water partition coefficient (Wildman–Crippen LogP) is 5.62. The van der Waals surface area contributed by atoms with E-state index in [1.807, 2.05) is 6.92 Å². The zero-order valence-electron chi connectivity index (χ0n) is 22.4. The second-order valence-electron chi connectivity index (χ2n) is 14.0. The standard InChI is InChI=1S/C30H46O4/c1-17(2)24(33)20-15-18(3)30(34-20)14-13-28(7)22(30)16-19(31)25-27(6)11-10-23(32)26(4,5)21(27)9-12-29(25,28)8/h16,18-21,24-25,31,33H,1,9-15H2,2-8H3/t18-,19+,20+,21+,24-,25+,27+,28+,29+,30-/m1/s1. The Bertz CT molecular complexity index is 949. The summed E-state index contributed by atoms with van der Waals surface area (Å²) < 4.78 is 6.80. The number of aliphatic hydroxyl groups is 2. The van der Waals surface area contributed by atoms with Crippen LogP contribution in [0.1, 0.15) is 93.4 Å². The normalized spacial score (nSPS) is 52.6. The van der Waals surface area contributed by atoms with Crippen molar-refractivity contribution >= 4 is 5.78 Å². The zero-order chi connectivity index (χ0) is 25.1. The summed E-state index contributed by atoms with van der Waals surface area (Å²) in [6.07, 6.45) is 7.10. The quantitative estimate of drug-likeness (QED) is 0.514. The van der Waals surface area contributed by atoms with Gasteiger partial charge in [0.15, 0.2) is 0 Å². The van der Waals surface area contributed by atoms with E-state index in [4.69, 9.17) is 4.74 Å². The molecule has 1 spiro atoms. The van der Waals surface area contributed by atoms with Crippen molar-refractivity contribution in [1.29, 1.82) is 0 Å². The molecule has 4 fully saturated rings. The van der Waals surface area contributed by atoms with Crippen LogP contribution in [-0.2, 0) is 9.53 Å². The smallest absolute Gasteiger partial charge is 0.138 e. The minimum atomic E-state index is -0.650. The van der Waals surface area contributed by atoms with E-state index in [-0.39, 0.29) is 39.6 Å². The SMILES string of the molecule is C=C(C)[C@@H](O)[C@@H]1C[C@@H](C)[C@@]2(CC[C@@]3(C)C2=C[C@H](O)[C@H]2[C@@]4(C)CCC(=O)C(C)(C)[C@@H]4CC[C@@]23C)O1. The molecular weight excluding hydrogens is 424 g/mol. The van der Waals surface area contributed by atoms with E-state index in [0.717, 1.165) is 44.1 Å². The summed E-state index contributed by atoms with van der Waals surface area (Å²) in [5.41, 5.74) is 1.10. The van der Waals surface area contributed by atoms with Gasteiger partial charge in [0.25, 0.3) is 0 Å². The number of carbonyl (C=O) groups is 1. The molecule has 1 aliphatic heterocycles. The summed E-state index contributed by atoms with van der Waals surface area (Å²) in [5, 5.41) is 22.6. The molecule has 4 heteroatoms. The van der Waals surface area contributed by atoms with Crippen molar-refractivity contribution in [2.75, 3.05) is 0 Å². The van der Waals surface area contributed by atoms with Crippen LogP contribution < -0.4 is 0 Å². The number of ketones is 1. The molecule has 34 heavy (non-hydrogen) atoms. The highest BCUT2D eigenvalue weighted by molar-refractivity contribution is 5.85. The number of aliphatic hydroxyl groups excluding tert-OH is 2. The number of Topliss-reactive ketones (excluding diaryl/α,β-unsaturated/α-hetero) is 1. The third-order valence-corrected chi connectivity index (χ3v) is 12.2. The van der Waals surface area contributed by atoms with Gasteiger partial charge in [0.1, 0.15) is 11.9 Å². The van der Waals surface area contributed by atoms with Crippen LogP contribution >= 0.6 is 0 Å². The minimum absolute atomic E-state index is 0.0597. The Balaban J connectivity index is 1.58. The Morgan fingerprint density at radius 3 is 2.47 bits per heavy atom. The molecule has 0 aromatic carbocycles. The monoisotopic (exact) mass is 470 g/mol. The summed E-state index contributed by atoms with van der Waals surface area (Å²) in [6, 6.07) is 0. The third-order valence-electron chi connectivity index (χ3n) is 12.2. The molecule has 0 aromatic rings. The highest BCUT2D eigenvalue weighted by Gasteiger charge is 2.72. The molecule has 0 radical (unpaired) electrons. The fourth-order valence-electron chi connectivity index (χ4n) is 10.1. The molecule has 4 aliphatic carbocycles. The molecule has 0 amide bonds. The van der Waals surface area contributed by atoms with Crippen molar-refractivity contribution in [3.05, 3.63) is 23.8 Å². The van der Waals surface area contributed by atoms with Gasteiger partial charge in [-0.1, -0.05) is 54.2 Å². The number of hydrogen-bond donors (Lipinski definition) is 2. The highest BCUT2D eigenvalue weighted by Crippen LogP contribution is 2.75. The lowest BCUT2D eigenvalue weighted by atomic mass is 9.36. The van der Waals surface area contributed by atoms with Crippen LogP contribution in [0.5, 0.6) is 0 Å². The Hall–Kier alpha value is -0.970. The first-order valence-electron chi connectivity index (χ1n) is 13.6. The summed E-state index contributed by atoms with van der Waals surface area (Å²) in [6.45, 7) is 19.6. The van der Waals surface area contributed by atoms with Crippen molar-refractivity contribution in [3.8, 4) is 0 Å². The lowest BCUT2D eigenvalue weighted by Crippen LogP contribution is -2.65. The predicted molar refractivity (Wildman–Crippen MR) is 134 cm³/mol. The van der Waals surface area contributed by atoms with E-state index < -0.39 is 17.8 Å². The maximum atomic E-state index is 12.9. The molecule has 0 aromatic heterocycles. The summed E-state index contributed by atoms with van der Waals surface area (Å²) in [5.74, 6) is 1.11. The fraction of sp³-hybridized carbons (Fsp3) is 0.833. The fourth-order valence-corrected chi connectivity index (χ4v) is 10.1. The van der Waals surface area contributed by atoms with Crippen molar-refractivity contribution < 1.29 is 19.7 Å². The average Bonchev–Trinajstić information content (AvgIpc) is 3.23. The van der Waals surface area contributed by atoms with Crippen LogP contribution in [0, 0.1) is 39.4 Å². The van der Waals surface area contributed by atoms with Crippen LogP contribution in [0.15, 0.2) is 23.8 Å². The molecule has 190 valence electrons. The second kappa shape index (κ2) is 7.29. The largest absolute Gasteiger partial charge is 0.389 e. The molecule has 1 heterocycles. The summed E-state index contributed by atoms with van der Waals surface area (Å²) in [4.78, 5) is 12.9. The molecule has 10 atom stereocenters. The van der Waals surface area contributed by atoms with Gasteiger partial charge < -0.3 is 14.9 Å². The first kappa shape index (κ1) is 24.7. The first-order chi connectivity index (χ1) is 15.6. The van der Waals surface area contributed by atoms with Crippen molar-refractivity contribution in [2.45, 2.75) is 117 Å². The Morgan fingerprint density at radius 2 is 1.82 bits per heavy atom. The maximum absolute atomic E-state index is 12.9. The first-order valence-corrected chi connectivity index (χ1v) is 13.6. The molecule has 1 saturated heterocycles. The third kappa shape index (κ3) is 2.80. The van der Waals surface area contributed by atoms with Gasteiger partial charge in [0.2, 0.25) is 0 Å². The van der Waals surface area contributed by atoms with Crippen molar-refractivity contribution in [1.82, 2.24) is 0 Å². The van der Waals surface area contributed by atoms with Crippen LogP contribution in [0.3, 0.4) is 0 Å². The van der Waals surface area contributed by atoms with E-state index in [1.54, 1.807) is 0 Å². The second-order valence-corrected chi connectivity index (χ2v) is 14.0.